The van der Waals surface area contributed by atoms with Crippen molar-refractivity contribution in [1.29, 1.82) is 0 Å². The van der Waals surface area contributed by atoms with Crippen molar-refractivity contribution < 1.29 is 29.2 Å². The number of aliphatic imine (C=N–C) groups is 1. The zero-order valence-electron chi connectivity index (χ0n) is 21.8. The van der Waals surface area contributed by atoms with Crippen molar-refractivity contribution in [3.8, 4) is 11.1 Å². The van der Waals surface area contributed by atoms with Gasteiger partial charge in [-0.1, -0.05) is 42.5 Å². The number of carbonyl (C=O) groups is 3. The molecular weight excluding hydrogens is 516 g/mol. The van der Waals surface area contributed by atoms with E-state index in [-0.39, 0.29) is 49.7 Å². The van der Waals surface area contributed by atoms with Crippen molar-refractivity contribution in [2.24, 2.45) is 16.5 Å². The van der Waals surface area contributed by atoms with E-state index in [0.29, 0.717) is 11.1 Å². The van der Waals surface area contributed by atoms with Crippen LogP contribution < -0.4 is 27.4 Å². The molecule has 9 N–H and O–H groups in total. The predicted octanol–water partition coefficient (Wildman–Crippen LogP) is -2.11. The average Bonchev–Trinajstić information content (AvgIpc) is 3.52. The SMILES string of the molecule is Cc1ccccc1-c1ccccc1C(=O)NC1C[N+]2=C(N)N[C@@H](CN3C(=O)CCC3=O)[C@@H]3N=C(N)N[C@@]32C1(O)O. The molecule has 0 aliphatic carbocycles. The van der Waals surface area contributed by atoms with Crippen LogP contribution in [0.4, 0.5) is 0 Å². The zero-order chi connectivity index (χ0) is 28.4. The number of carbonyl (C=O) groups excluding carboxylic acids is 3. The predicted molar refractivity (Wildman–Crippen MR) is 144 cm³/mol. The van der Waals surface area contributed by atoms with Gasteiger partial charge in [-0.25, -0.2) is 9.57 Å². The zero-order valence-corrected chi connectivity index (χ0v) is 21.8. The number of nitrogens with one attached hydrogen (secondary N) is 3. The Bertz CT molecular complexity index is 1490. The van der Waals surface area contributed by atoms with Gasteiger partial charge in [0.25, 0.3) is 5.91 Å². The molecule has 4 aliphatic rings. The lowest BCUT2D eigenvalue weighted by atomic mass is 9.85. The standard InChI is InChI=1S/C27H30N8O5/c1-14-6-2-3-7-15(14)16-8-4-5-9-17(16)23(38)31-19-13-35-25(29)30-18(12-34-20(36)10-11-21(34)37)22-26(35,27(19,39)40)33-24(28)32-22/h2-9,18-19,22,39-40H,10-13H2,1H3,(H6,28,29,30,31,32,33,38)/p+1/t18-,19?,22-,26-/m0/s1. The fourth-order valence-electron chi connectivity index (χ4n) is 6.36. The highest BCUT2D eigenvalue weighted by Crippen LogP contribution is 2.42. The number of amides is 3. The van der Waals surface area contributed by atoms with E-state index in [1.807, 2.05) is 43.3 Å². The number of nitrogens with two attached hydrogens (primary N) is 2. The van der Waals surface area contributed by atoms with E-state index >= 15 is 0 Å². The molecule has 208 valence electrons. The molecule has 40 heavy (non-hydrogen) atoms. The van der Waals surface area contributed by atoms with Gasteiger partial charge in [0.15, 0.2) is 5.96 Å². The summed E-state index contributed by atoms with van der Waals surface area (Å²) < 4.78 is 1.48. The maximum atomic E-state index is 13.6. The Morgan fingerprint density at radius 1 is 1.10 bits per heavy atom. The highest BCUT2D eigenvalue weighted by Gasteiger charge is 2.75. The summed E-state index contributed by atoms with van der Waals surface area (Å²) in [6, 6.07) is 11.8. The van der Waals surface area contributed by atoms with E-state index in [0.717, 1.165) is 16.0 Å². The van der Waals surface area contributed by atoms with E-state index in [1.165, 1.54) is 4.58 Å². The van der Waals surface area contributed by atoms with Crippen molar-refractivity contribution in [1.82, 2.24) is 20.9 Å². The number of aryl methyl sites for hydroxylation is 1. The van der Waals surface area contributed by atoms with Gasteiger partial charge < -0.3 is 26.6 Å². The van der Waals surface area contributed by atoms with Crippen LogP contribution in [0.2, 0.25) is 0 Å². The number of hydrogen-bond donors (Lipinski definition) is 7. The van der Waals surface area contributed by atoms with E-state index < -0.39 is 35.5 Å². The third-order valence-corrected chi connectivity index (χ3v) is 8.31. The first-order valence-electron chi connectivity index (χ1n) is 13.1. The van der Waals surface area contributed by atoms with Gasteiger partial charge in [-0.2, -0.15) is 0 Å². The molecule has 3 amide bonds. The van der Waals surface area contributed by atoms with Crippen LogP contribution in [0.1, 0.15) is 28.8 Å². The molecule has 2 aromatic carbocycles. The second-order valence-corrected chi connectivity index (χ2v) is 10.6. The smallest absolute Gasteiger partial charge is 0.346 e. The first kappa shape index (κ1) is 25.8. The maximum Gasteiger partial charge on any atom is 0.346 e. The minimum Gasteiger partial charge on any atom is -0.370 e. The molecule has 1 spiro atoms. The fourth-order valence-corrected chi connectivity index (χ4v) is 6.36. The molecule has 2 fully saturated rings. The normalized spacial score (nSPS) is 28.5. The van der Waals surface area contributed by atoms with Crippen LogP contribution >= 0.6 is 0 Å². The number of nitrogens with zero attached hydrogens (tertiary/aromatic N) is 3. The fraction of sp³-hybridized carbons (Fsp3) is 0.370. The number of hydrogen-bond acceptors (Lipinski definition) is 10. The second-order valence-electron chi connectivity index (χ2n) is 10.6. The summed E-state index contributed by atoms with van der Waals surface area (Å²) in [6.45, 7) is 1.77. The number of aliphatic hydroxyl groups is 2. The van der Waals surface area contributed by atoms with Crippen molar-refractivity contribution in [3.63, 3.8) is 0 Å². The van der Waals surface area contributed by atoms with Gasteiger partial charge in [0, 0.05) is 18.4 Å². The molecule has 4 heterocycles. The van der Waals surface area contributed by atoms with Crippen LogP contribution in [-0.4, -0.2) is 92.0 Å². The first-order valence-corrected chi connectivity index (χ1v) is 13.1. The molecule has 0 bridgehead atoms. The van der Waals surface area contributed by atoms with Crippen molar-refractivity contribution in [2.45, 2.75) is 49.3 Å². The summed E-state index contributed by atoms with van der Waals surface area (Å²) in [5, 5.41) is 32.2. The van der Waals surface area contributed by atoms with Crippen molar-refractivity contribution in [3.05, 3.63) is 59.7 Å². The van der Waals surface area contributed by atoms with Gasteiger partial charge in [0.1, 0.15) is 18.1 Å². The van der Waals surface area contributed by atoms with Crippen LogP contribution in [0.3, 0.4) is 0 Å². The first-order chi connectivity index (χ1) is 19.0. The van der Waals surface area contributed by atoms with E-state index in [4.69, 9.17) is 11.5 Å². The summed E-state index contributed by atoms with van der Waals surface area (Å²) in [7, 11) is 0. The Morgan fingerprint density at radius 2 is 1.75 bits per heavy atom. The van der Waals surface area contributed by atoms with E-state index in [9.17, 15) is 24.6 Å². The molecule has 4 atom stereocenters. The Hall–Kier alpha value is -4.49. The Balaban J connectivity index is 1.33. The molecular formula is C27H31N8O5+. The third-order valence-electron chi connectivity index (χ3n) is 8.31. The lowest BCUT2D eigenvalue weighted by Gasteiger charge is -2.44. The van der Waals surface area contributed by atoms with Crippen LogP contribution in [0, 0.1) is 6.92 Å². The van der Waals surface area contributed by atoms with Crippen LogP contribution in [0.5, 0.6) is 0 Å². The Morgan fingerprint density at radius 3 is 2.45 bits per heavy atom. The van der Waals surface area contributed by atoms with Gasteiger partial charge in [0.2, 0.25) is 23.3 Å². The van der Waals surface area contributed by atoms with Crippen LogP contribution in [0.15, 0.2) is 53.5 Å². The van der Waals surface area contributed by atoms with Gasteiger partial charge in [-0.05, 0) is 29.7 Å². The molecule has 4 aliphatic heterocycles. The highest BCUT2D eigenvalue weighted by atomic mass is 16.5. The highest BCUT2D eigenvalue weighted by molar-refractivity contribution is 6.02. The minimum absolute atomic E-state index is 0.0577. The molecule has 2 saturated heterocycles. The summed E-state index contributed by atoms with van der Waals surface area (Å²) in [5.74, 6) is -3.80. The molecule has 0 aromatic heterocycles. The number of guanidine groups is 2. The summed E-state index contributed by atoms with van der Waals surface area (Å²) >= 11 is 0. The number of rotatable bonds is 5. The molecule has 13 nitrogen and oxygen atoms in total. The summed E-state index contributed by atoms with van der Waals surface area (Å²) in [6.07, 6.45) is 0.219. The van der Waals surface area contributed by atoms with Gasteiger partial charge >= 0.3 is 5.96 Å². The molecule has 13 heteroatoms. The van der Waals surface area contributed by atoms with Gasteiger partial charge in [0.05, 0.1) is 13.1 Å². The summed E-state index contributed by atoms with van der Waals surface area (Å²) in [4.78, 5) is 43.8. The third kappa shape index (κ3) is 3.65. The Labute approximate surface area is 229 Å². The van der Waals surface area contributed by atoms with Crippen molar-refractivity contribution >= 4 is 29.6 Å². The molecule has 0 saturated carbocycles. The van der Waals surface area contributed by atoms with Crippen LogP contribution in [0.25, 0.3) is 11.1 Å². The molecule has 6 rings (SSSR count). The van der Waals surface area contributed by atoms with Crippen molar-refractivity contribution in [2.75, 3.05) is 13.1 Å². The lowest BCUT2D eigenvalue weighted by molar-refractivity contribution is -0.623. The van der Waals surface area contributed by atoms with Crippen LogP contribution in [-0.2, 0) is 9.59 Å². The molecule has 0 radical (unpaired) electrons. The molecule has 2 aromatic rings. The maximum absolute atomic E-state index is 13.6. The quantitative estimate of drug-likeness (QED) is 0.124. The second kappa shape index (κ2) is 9.03. The van der Waals surface area contributed by atoms with Gasteiger partial charge in [-0.15, -0.1) is 0 Å². The number of benzene rings is 2. The average molecular weight is 548 g/mol. The summed E-state index contributed by atoms with van der Waals surface area (Å²) in [5.41, 5.74) is 13.6. The van der Waals surface area contributed by atoms with E-state index in [1.54, 1.807) is 12.1 Å². The lowest BCUT2D eigenvalue weighted by Crippen LogP contribution is -2.79. The molecule has 1 unspecified atom stereocenters. The number of likely N-dealkylation sites (tertiary alicyclic amines) is 1. The van der Waals surface area contributed by atoms with Gasteiger partial charge in [-0.3, -0.25) is 30.3 Å². The number of imide groups is 1. The topological polar surface area (TPSA) is 198 Å². The monoisotopic (exact) mass is 547 g/mol. The van der Waals surface area contributed by atoms with E-state index in [2.05, 4.69) is 20.9 Å². The minimum atomic E-state index is -2.63. The largest absolute Gasteiger partial charge is 0.370 e. The Kier molecular flexibility index (Phi) is 5.82.